The Balaban J connectivity index is 0.00000133. The molecule has 0 saturated heterocycles. The van der Waals surface area contributed by atoms with Crippen molar-refractivity contribution in [3.63, 3.8) is 0 Å². The average Bonchev–Trinajstić information content (AvgIpc) is 2.77. The van der Waals surface area contributed by atoms with E-state index in [4.69, 9.17) is 5.73 Å². The van der Waals surface area contributed by atoms with Crippen molar-refractivity contribution in [3.8, 4) is 0 Å². The van der Waals surface area contributed by atoms with Gasteiger partial charge in [-0.25, -0.2) is 9.55 Å². The monoisotopic (exact) mass is 319 g/mol. The SMILES string of the molecule is Cn1cnc2c(N)[n+](Cc3ccccc3)cnc21.[Br-]. The highest BCUT2D eigenvalue weighted by Gasteiger charge is 2.15. The third-order valence-electron chi connectivity index (χ3n) is 2.97. The molecule has 0 aliphatic heterocycles. The minimum Gasteiger partial charge on any atom is -1.00 e. The van der Waals surface area contributed by atoms with Crippen LogP contribution in [0.25, 0.3) is 11.2 Å². The molecule has 3 rings (SSSR count). The molecular formula is C13H14BrN5. The first-order valence-electron chi connectivity index (χ1n) is 5.74. The molecule has 0 aliphatic rings. The number of anilines is 1. The zero-order valence-electron chi connectivity index (χ0n) is 10.5. The lowest BCUT2D eigenvalue weighted by Crippen LogP contribution is -3.00. The van der Waals surface area contributed by atoms with Crippen molar-refractivity contribution in [1.82, 2.24) is 14.5 Å². The summed E-state index contributed by atoms with van der Waals surface area (Å²) >= 11 is 0. The van der Waals surface area contributed by atoms with Crippen molar-refractivity contribution < 1.29 is 21.5 Å². The minimum absolute atomic E-state index is 0. The Morgan fingerprint density at radius 1 is 1.21 bits per heavy atom. The van der Waals surface area contributed by atoms with Crippen LogP contribution in [0.5, 0.6) is 0 Å². The summed E-state index contributed by atoms with van der Waals surface area (Å²) in [6, 6.07) is 10.2. The molecule has 0 saturated carbocycles. The van der Waals surface area contributed by atoms with Crippen LogP contribution in [0.2, 0.25) is 0 Å². The number of nitrogens with zero attached hydrogens (tertiary/aromatic N) is 4. The van der Waals surface area contributed by atoms with E-state index in [0.29, 0.717) is 12.4 Å². The Labute approximate surface area is 121 Å². The molecule has 0 amide bonds. The highest BCUT2D eigenvalue weighted by Crippen LogP contribution is 2.12. The van der Waals surface area contributed by atoms with Gasteiger partial charge in [-0.05, 0) is 5.56 Å². The fourth-order valence-electron chi connectivity index (χ4n) is 1.99. The Morgan fingerprint density at radius 2 is 1.95 bits per heavy atom. The first-order chi connectivity index (χ1) is 8.75. The van der Waals surface area contributed by atoms with Crippen LogP contribution in [-0.4, -0.2) is 14.5 Å². The van der Waals surface area contributed by atoms with E-state index in [-0.39, 0.29) is 17.0 Å². The van der Waals surface area contributed by atoms with Crippen LogP contribution in [0.1, 0.15) is 5.56 Å². The lowest BCUT2D eigenvalue weighted by molar-refractivity contribution is -0.675. The van der Waals surface area contributed by atoms with Crippen molar-refractivity contribution in [3.05, 3.63) is 48.5 Å². The fraction of sp³-hybridized carbons (Fsp3) is 0.154. The predicted molar refractivity (Wildman–Crippen MR) is 68.7 cm³/mol. The quantitative estimate of drug-likeness (QED) is 0.550. The smallest absolute Gasteiger partial charge is 0.251 e. The summed E-state index contributed by atoms with van der Waals surface area (Å²) in [5.74, 6) is 0.643. The number of aryl methyl sites for hydroxylation is 1. The van der Waals surface area contributed by atoms with E-state index in [1.165, 1.54) is 5.56 Å². The van der Waals surface area contributed by atoms with Gasteiger partial charge in [0, 0.05) is 7.05 Å². The maximum absolute atomic E-state index is 6.13. The summed E-state index contributed by atoms with van der Waals surface area (Å²) in [4.78, 5) is 8.66. The first-order valence-corrected chi connectivity index (χ1v) is 5.74. The van der Waals surface area contributed by atoms with Crippen molar-refractivity contribution >= 4 is 17.0 Å². The Morgan fingerprint density at radius 3 is 2.68 bits per heavy atom. The van der Waals surface area contributed by atoms with Gasteiger partial charge in [-0.15, -0.1) is 0 Å². The lowest BCUT2D eigenvalue weighted by atomic mass is 10.2. The van der Waals surface area contributed by atoms with Crippen LogP contribution in [0.3, 0.4) is 0 Å². The minimum atomic E-state index is 0. The predicted octanol–water partition coefficient (Wildman–Crippen LogP) is -2.11. The fourth-order valence-corrected chi connectivity index (χ4v) is 1.99. The molecule has 2 N–H and O–H groups in total. The molecule has 2 aromatic heterocycles. The van der Waals surface area contributed by atoms with Gasteiger partial charge in [-0.1, -0.05) is 35.3 Å². The number of imidazole rings is 1. The number of aromatic nitrogens is 4. The van der Waals surface area contributed by atoms with Gasteiger partial charge in [0.05, 0.1) is 12.9 Å². The number of hydrogen-bond donors (Lipinski definition) is 1. The molecule has 0 unspecified atom stereocenters. The molecule has 19 heavy (non-hydrogen) atoms. The Bertz CT molecular complexity index is 693. The van der Waals surface area contributed by atoms with Crippen LogP contribution in [-0.2, 0) is 13.6 Å². The van der Waals surface area contributed by atoms with E-state index >= 15 is 0 Å². The molecule has 0 spiro atoms. The van der Waals surface area contributed by atoms with E-state index in [1.54, 1.807) is 12.7 Å². The highest BCUT2D eigenvalue weighted by molar-refractivity contribution is 5.79. The van der Waals surface area contributed by atoms with Crippen LogP contribution in [0.15, 0.2) is 43.0 Å². The molecule has 5 nitrogen and oxygen atoms in total. The molecule has 0 aliphatic carbocycles. The van der Waals surface area contributed by atoms with Gasteiger partial charge in [0.25, 0.3) is 5.82 Å². The van der Waals surface area contributed by atoms with Gasteiger partial charge in [0.15, 0.2) is 5.52 Å². The molecular weight excluding hydrogens is 306 g/mol. The number of rotatable bonds is 2. The summed E-state index contributed by atoms with van der Waals surface area (Å²) in [6.07, 6.45) is 3.48. The average molecular weight is 320 g/mol. The third kappa shape index (κ3) is 2.44. The Kier molecular flexibility index (Phi) is 3.80. The molecule has 0 bridgehead atoms. The second-order valence-corrected chi connectivity index (χ2v) is 4.27. The van der Waals surface area contributed by atoms with Crippen LogP contribution in [0, 0.1) is 0 Å². The number of nitrogens with two attached hydrogens (primary N) is 1. The number of benzene rings is 1. The van der Waals surface area contributed by atoms with Gasteiger partial charge in [-0.3, -0.25) is 0 Å². The highest BCUT2D eigenvalue weighted by atomic mass is 79.9. The summed E-state index contributed by atoms with van der Waals surface area (Å²) in [7, 11) is 1.91. The molecule has 0 fully saturated rings. The molecule has 98 valence electrons. The summed E-state index contributed by atoms with van der Waals surface area (Å²) in [6.45, 7) is 0.701. The molecule has 2 heterocycles. The van der Waals surface area contributed by atoms with Gasteiger partial charge in [-0.2, -0.15) is 0 Å². The lowest BCUT2D eigenvalue weighted by Gasteiger charge is -2.03. The standard InChI is InChI=1S/C13H13N5.BrH/c1-17-8-15-11-12(14)18(9-16-13(11)17)7-10-5-3-2-4-6-10;/h2-6,8-9,14H,7H2,1H3;1H. The molecule has 0 radical (unpaired) electrons. The van der Waals surface area contributed by atoms with E-state index in [0.717, 1.165) is 11.2 Å². The number of halogens is 1. The maximum Gasteiger partial charge on any atom is 0.251 e. The maximum atomic E-state index is 6.13. The molecule has 1 aromatic carbocycles. The molecule has 3 aromatic rings. The van der Waals surface area contributed by atoms with E-state index in [2.05, 4.69) is 22.1 Å². The van der Waals surface area contributed by atoms with Gasteiger partial charge in [0.1, 0.15) is 0 Å². The van der Waals surface area contributed by atoms with Crippen molar-refractivity contribution in [2.45, 2.75) is 6.54 Å². The van der Waals surface area contributed by atoms with Gasteiger partial charge >= 0.3 is 0 Å². The summed E-state index contributed by atoms with van der Waals surface area (Å²) in [5.41, 5.74) is 8.86. The first kappa shape index (κ1) is 13.5. The van der Waals surface area contributed by atoms with Crippen molar-refractivity contribution in [2.75, 3.05) is 5.73 Å². The van der Waals surface area contributed by atoms with Crippen molar-refractivity contribution in [2.24, 2.45) is 7.05 Å². The van der Waals surface area contributed by atoms with Crippen LogP contribution < -0.4 is 27.3 Å². The second kappa shape index (κ2) is 5.36. The second-order valence-electron chi connectivity index (χ2n) is 4.27. The number of hydrogen-bond acceptors (Lipinski definition) is 3. The van der Waals surface area contributed by atoms with E-state index in [1.807, 2.05) is 34.4 Å². The molecule has 0 atom stereocenters. The van der Waals surface area contributed by atoms with Crippen LogP contribution in [0.4, 0.5) is 5.82 Å². The van der Waals surface area contributed by atoms with E-state index in [9.17, 15) is 0 Å². The third-order valence-corrected chi connectivity index (χ3v) is 2.97. The van der Waals surface area contributed by atoms with Gasteiger partial charge < -0.3 is 27.3 Å². The largest absolute Gasteiger partial charge is 1.00 e. The van der Waals surface area contributed by atoms with Gasteiger partial charge in [0.2, 0.25) is 12.0 Å². The van der Waals surface area contributed by atoms with E-state index < -0.39 is 0 Å². The zero-order valence-corrected chi connectivity index (χ0v) is 12.1. The number of fused-ring (bicyclic) bond motifs is 1. The van der Waals surface area contributed by atoms with Crippen LogP contribution >= 0.6 is 0 Å². The zero-order chi connectivity index (χ0) is 12.5. The van der Waals surface area contributed by atoms with Crippen molar-refractivity contribution in [1.29, 1.82) is 0 Å². The summed E-state index contributed by atoms with van der Waals surface area (Å²) in [5, 5.41) is 0. The topological polar surface area (TPSA) is 60.6 Å². The molecule has 6 heteroatoms. The normalized spacial score (nSPS) is 10.4. The summed E-state index contributed by atoms with van der Waals surface area (Å²) < 4.78 is 3.77. The Hall–Kier alpha value is -1.95. The number of nitrogen functional groups attached to an aromatic ring is 1.